The van der Waals surface area contributed by atoms with Crippen molar-refractivity contribution < 1.29 is 39.1 Å². The van der Waals surface area contributed by atoms with Crippen molar-refractivity contribution in [2.24, 2.45) is 50.7 Å². The second-order valence-electron chi connectivity index (χ2n) is 17.5. The van der Waals surface area contributed by atoms with Gasteiger partial charge in [-0.1, -0.05) is 33.3 Å². The summed E-state index contributed by atoms with van der Waals surface area (Å²) in [6, 6.07) is 0. The molecule has 3 N–H and O–H groups in total. The van der Waals surface area contributed by atoms with Crippen molar-refractivity contribution in [1.29, 1.82) is 0 Å². The van der Waals surface area contributed by atoms with Crippen LogP contribution in [-0.4, -0.2) is 78.4 Å². The molecule has 45 heavy (non-hydrogen) atoms. The number of ether oxygens (including phenoxy) is 4. The third kappa shape index (κ3) is 4.47. The highest BCUT2D eigenvalue weighted by molar-refractivity contribution is 5.82. The fraction of sp³-hybridized carbons (Fsp3) is 0.919. The minimum atomic E-state index is -1.10. The van der Waals surface area contributed by atoms with Crippen LogP contribution in [0.4, 0.5) is 0 Å². The monoisotopic (exact) mass is 632 g/mol. The molecule has 6 aliphatic rings. The molecule has 6 fully saturated rings. The Morgan fingerprint density at radius 2 is 1.76 bits per heavy atom. The Hall–Kier alpha value is -1.03. The molecule has 256 valence electrons. The normalized spacial score (nSPS) is 49.9. The maximum absolute atomic E-state index is 12.7. The van der Waals surface area contributed by atoms with Crippen LogP contribution in [0.3, 0.4) is 0 Å². The predicted molar refractivity (Wildman–Crippen MR) is 170 cm³/mol. The summed E-state index contributed by atoms with van der Waals surface area (Å²) in [6.45, 7) is 14.7. The van der Waals surface area contributed by atoms with Gasteiger partial charge in [0.1, 0.15) is 17.8 Å². The zero-order valence-corrected chi connectivity index (χ0v) is 29.2. The molecule has 0 spiro atoms. The van der Waals surface area contributed by atoms with Crippen molar-refractivity contribution in [3.8, 4) is 0 Å². The summed E-state index contributed by atoms with van der Waals surface area (Å²) in [4.78, 5) is 12.7. The quantitative estimate of drug-likeness (QED) is 0.241. The van der Waals surface area contributed by atoms with Crippen molar-refractivity contribution in [3.05, 3.63) is 11.6 Å². The zero-order chi connectivity index (χ0) is 33.0. The number of allylic oxidation sites excluding steroid dienone is 1. The Bertz CT molecular complexity index is 1190. The van der Waals surface area contributed by atoms with Crippen LogP contribution in [-0.2, 0) is 23.7 Å². The van der Waals surface area contributed by atoms with E-state index in [2.05, 4.69) is 27.7 Å². The number of aliphatic hydroxyl groups excluding tert-OH is 3. The fourth-order valence-electron chi connectivity index (χ4n) is 13.0. The molecule has 1 saturated heterocycles. The lowest BCUT2D eigenvalue weighted by Gasteiger charge is -2.68. The summed E-state index contributed by atoms with van der Waals surface area (Å²) in [5.41, 5.74) is -0.260. The largest absolute Gasteiger partial charge is 0.459 e. The highest BCUT2D eigenvalue weighted by Crippen LogP contribution is 2.91. The molecule has 5 aliphatic carbocycles. The summed E-state index contributed by atoms with van der Waals surface area (Å²) in [5, 5.41) is 33.6. The lowest BCUT2D eigenvalue weighted by atomic mass is 9.37. The van der Waals surface area contributed by atoms with E-state index < -0.39 is 30.2 Å². The van der Waals surface area contributed by atoms with Crippen LogP contribution in [0.1, 0.15) is 106 Å². The molecule has 1 aliphatic heterocycles. The molecule has 0 bridgehead atoms. The van der Waals surface area contributed by atoms with Crippen LogP contribution in [0.25, 0.3) is 0 Å². The SMILES string of the molecule is CO[C@@H]1O[C@@H](C(O)C(C)(CO)OC)C[C@H]1[C@@H]1CC[C@]23C[C@]12CC[C@@H]1[C@@]2(C)CC[C@H](OC(=O)C=C(C)C)C(C)(C)[C@@H]2C[C@@H](O)[C@]13C. The van der Waals surface area contributed by atoms with Crippen molar-refractivity contribution >= 4 is 5.97 Å². The molecule has 8 heteroatoms. The van der Waals surface area contributed by atoms with Crippen LogP contribution < -0.4 is 0 Å². The molecule has 0 radical (unpaired) electrons. The molecule has 0 aromatic heterocycles. The van der Waals surface area contributed by atoms with Crippen LogP contribution in [0.15, 0.2) is 11.6 Å². The number of rotatable bonds is 8. The van der Waals surface area contributed by atoms with Crippen LogP contribution in [0.5, 0.6) is 0 Å². The maximum Gasteiger partial charge on any atom is 0.330 e. The van der Waals surface area contributed by atoms with Crippen molar-refractivity contribution in [1.82, 2.24) is 0 Å². The molecule has 0 aromatic carbocycles. The van der Waals surface area contributed by atoms with E-state index in [4.69, 9.17) is 18.9 Å². The number of methoxy groups -OCH3 is 2. The van der Waals surface area contributed by atoms with E-state index in [0.717, 1.165) is 56.9 Å². The molecule has 2 unspecified atom stereocenters. The van der Waals surface area contributed by atoms with Gasteiger partial charge in [-0.05, 0) is 113 Å². The van der Waals surface area contributed by atoms with E-state index in [1.807, 2.05) is 13.8 Å². The average molecular weight is 633 g/mol. The number of fused-ring (bicyclic) bond motifs is 3. The number of carbonyl (C=O) groups is 1. The Labute approximate surface area is 270 Å². The van der Waals surface area contributed by atoms with E-state index in [1.54, 1.807) is 20.1 Å². The van der Waals surface area contributed by atoms with E-state index in [9.17, 15) is 20.1 Å². The second kappa shape index (κ2) is 11.0. The van der Waals surface area contributed by atoms with E-state index in [0.29, 0.717) is 18.3 Å². The summed E-state index contributed by atoms with van der Waals surface area (Å²) in [6.07, 6.45) is 8.05. The summed E-state index contributed by atoms with van der Waals surface area (Å²) in [5.74, 6) is 0.965. The first kappa shape index (κ1) is 33.9. The predicted octanol–water partition coefficient (Wildman–Crippen LogP) is 5.41. The number of esters is 1. The highest BCUT2D eigenvalue weighted by Gasteiger charge is 2.86. The van der Waals surface area contributed by atoms with Gasteiger partial charge in [0.05, 0.1) is 18.8 Å². The molecule has 5 saturated carbocycles. The van der Waals surface area contributed by atoms with Crippen LogP contribution in [0, 0.1) is 50.7 Å². The van der Waals surface area contributed by atoms with Crippen LogP contribution >= 0.6 is 0 Å². The van der Waals surface area contributed by atoms with Gasteiger partial charge in [-0.2, -0.15) is 0 Å². The first-order valence-corrected chi connectivity index (χ1v) is 17.6. The van der Waals surface area contributed by atoms with Gasteiger partial charge in [-0.3, -0.25) is 0 Å². The van der Waals surface area contributed by atoms with Gasteiger partial charge in [0.25, 0.3) is 0 Å². The summed E-state index contributed by atoms with van der Waals surface area (Å²) < 4.78 is 23.9. The molecular formula is C37H60O8. The maximum atomic E-state index is 12.7. The average Bonchev–Trinajstić information content (AvgIpc) is 3.31. The third-order valence-electron chi connectivity index (χ3n) is 15.4. The minimum Gasteiger partial charge on any atom is -0.459 e. The van der Waals surface area contributed by atoms with Crippen LogP contribution in [0.2, 0.25) is 0 Å². The number of hydrogen-bond acceptors (Lipinski definition) is 8. The van der Waals surface area contributed by atoms with E-state index in [-0.39, 0.29) is 57.6 Å². The lowest BCUT2D eigenvalue weighted by Crippen LogP contribution is -2.66. The molecule has 8 nitrogen and oxygen atoms in total. The van der Waals surface area contributed by atoms with Crippen molar-refractivity contribution in [2.75, 3.05) is 20.8 Å². The molecule has 14 atom stereocenters. The fourth-order valence-corrected chi connectivity index (χ4v) is 13.0. The molecule has 6 rings (SSSR count). The number of hydrogen-bond donors (Lipinski definition) is 3. The van der Waals surface area contributed by atoms with Gasteiger partial charge >= 0.3 is 5.97 Å². The number of aliphatic hydroxyl groups is 3. The Morgan fingerprint density at radius 3 is 2.38 bits per heavy atom. The Kier molecular flexibility index (Phi) is 8.27. The van der Waals surface area contributed by atoms with Gasteiger partial charge in [0.15, 0.2) is 6.29 Å². The van der Waals surface area contributed by atoms with Gasteiger partial charge < -0.3 is 34.3 Å². The van der Waals surface area contributed by atoms with E-state index >= 15 is 0 Å². The summed E-state index contributed by atoms with van der Waals surface area (Å²) >= 11 is 0. The Morgan fingerprint density at radius 1 is 1.04 bits per heavy atom. The molecule has 0 amide bonds. The van der Waals surface area contributed by atoms with Gasteiger partial charge in [0.2, 0.25) is 0 Å². The van der Waals surface area contributed by atoms with Gasteiger partial charge in [-0.25, -0.2) is 4.79 Å². The minimum absolute atomic E-state index is 0.0636. The first-order chi connectivity index (χ1) is 21.0. The van der Waals surface area contributed by atoms with Gasteiger partial charge in [-0.15, -0.1) is 0 Å². The Balaban J connectivity index is 1.25. The molecular weight excluding hydrogens is 572 g/mol. The molecule has 1 heterocycles. The first-order valence-electron chi connectivity index (χ1n) is 17.6. The van der Waals surface area contributed by atoms with E-state index in [1.165, 1.54) is 7.11 Å². The molecule has 0 aromatic rings. The highest BCUT2D eigenvalue weighted by atomic mass is 16.7. The lowest BCUT2D eigenvalue weighted by molar-refractivity contribution is -0.245. The summed E-state index contributed by atoms with van der Waals surface area (Å²) in [7, 11) is 3.21. The van der Waals surface area contributed by atoms with Crippen molar-refractivity contribution in [2.45, 2.75) is 143 Å². The zero-order valence-electron chi connectivity index (χ0n) is 29.2. The van der Waals surface area contributed by atoms with Crippen molar-refractivity contribution in [3.63, 3.8) is 0 Å². The second-order valence-corrected chi connectivity index (χ2v) is 17.5. The topological polar surface area (TPSA) is 115 Å². The number of carbonyl (C=O) groups excluding carboxylic acids is 1. The third-order valence-corrected chi connectivity index (χ3v) is 15.4. The standard InChI is InChI=1S/C37H60O8/c1-21(2)16-29(40)45-28-12-13-33(5)25-11-14-36-19-37(36,35(25,7)27(39)18-26(33)32(28,3)4)15-10-23(36)22-17-24(44-31(22)42-8)30(41)34(6,20-38)43-9/h16,22-28,30-31,38-39,41H,10-15,17-20H2,1-9H3/t22-,23-,24+,25+,26-,27+,28-,30?,31+,33+,34?,35-,36+,37+/m0/s1. The smallest absolute Gasteiger partial charge is 0.330 e. The van der Waals surface area contributed by atoms with Gasteiger partial charge in [0, 0.05) is 37.0 Å².